The van der Waals surface area contributed by atoms with E-state index in [2.05, 4.69) is 15.6 Å². The zero-order valence-corrected chi connectivity index (χ0v) is 12.9. The highest BCUT2D eigenvalue weighted by Gasteiger charge is 2.23. The quantitative estimate of drug-likeness (QED) is 0.765. The molecule has 0 fully saturated rings. The Hall–Kier alpha value is -1.92. The van der Waals surface area contributed by atoms with Crippen molar-refractivity contribution in [1.82, 2.24) is 10.3 Å². The van der Waals surface area contributed by atoms with Gasteiger partial charge in [0.05, 0.1) is 5.56 Å². The molecule has 0 aliphatic carbocycles. The van der Waals surface area contributed by atoms with E-state index in [0.717, 1.165) is 5.56 Å². The highest BCUT2D eigenvalue weighted by molar-refractivity contribution is 7.08. The molecule has 2 rings (SSSR count). The maximum Gasteiger partial charge on any atom is 0.252 e. The molecule has 2 aromatic rings. The summed E-state index contributed by atoms with van der Waals surface area (Å²) in [7, 11) is 0. The molecule has 0 radical (unpaired) electrons. The van der Waals surface area contributed by atoms with Gasteiger partial charge in [0, 0.05) is 19.3 Å². The van der Waals surface area contributed by atoms with E-state index in [1.54, 1.807) is 30.4 Å². The highest BCUT2D eigenvalue weighted by atomic mass is 32.1. The average molecular weight is 305 g/mol. The summed E-state index contributed by atoms with van der Waals surface area (Å²) in [4.78, 5) is 15.8. The number of hydrogen-bond donors (Lipinski definition) is 3. The van der Waals surface area contributed by atoms with Crippen molar-refractivity contribution < 1.29 is 9.90 Å². The Morgan fingerprint density at radius 3 is 2.81 bits per heavy atom. The molecule has 0 bridgehead atoms. The second-order valence-electron chi connectivity index (χ2n) is 4.93. The summed E-state index contributed by atoms with van der Waals surface area (Å²) in [5.74, 6) is 0.486. The van der Waals surface area contributed by atoms with Crippen LogP contribution in [0.15, 0.2) is 35.2 Å². The predicted octanol–water partition coefficient (Wildman–Crippen LogP) is 2.21. The van der Waals surface area contributed by atoms with Gasteiger partial charge in [0.15, 0.2) is 0 Å². The molecule has 0 saturated carbocycles. The smallest absolute Gasteiger partial charge is 0.252 e. The Bertz CT molecular complexity index is 579. The molecule has 3 N–H and O–H groups in total. The van der Waals surface area contributed by atoms with Crippen molar-refractivity contribution in [3.63, 3.8) is 0 Å². The first-order valence-electron chi connectivity index (χ1n) is 6.76. The van der Waals surface area contributed by atoms with Crippen molar-refractivity contribution in [2.24, 2.45) is 0 Å². The summed E-state index contributed by atoms with van der Waals surface area (Å²) in [6, 6.07) is 5.34. The third kappa shape index (κ3) is 4.03. The number of carbonyl (C=O) groups excluding carboxylic acids is 1. The predicted molar refractivity (Wildman–Crippen MR) is 84.6 cm³/mol. The SMILES string of the molecule is CCNC(=O)c1ccc(NCC(C)(O)c2ccsc2)nc1. The molecule has 0 aliphatic heterocycles. The maximum atomic E-state index is 11.6. The van der Waals surface area contributed by atoms with Crippen molar-refractivity contribution in [3.05, 3.63) is 46.3 Å². The first-order valence-corrected chi connectivity index (χ1v) is 7.70. The fraction of sp³-hybridized carbons (Fsp3) is 0.333. The van der Waals surface area contributed by atoms with Crippen molar-refractivity contribution in [2.75, 3.05) is 18.4 Å². The van der Waals surface area contributed by atoms with E-state index in [0.29, 0.717) is 24.5 Å². The number of nitrogens with zero attached hydrogens (tertiary/aromatic N) is 1. The minimum absolute atomic E-state index is 0.137. The number of anilines is 1. The van der Waals surface area contributed by atoms with Gasteiger partial charge in [-0.3, -0.25) is 4.79 Å². The normalized spacial score (nSPS) is 13.5. The molecule has 0 aliphatic rings. The average Bonchev–Trinajstić information content (AvgIpc) is 3.01. The Balaban J connectivity index is 1.96. The number of amides is 1. The molecule has 21 heavy (non-hydrogen) atoms. The third-order valence-electron chi connectivity index (χ3n) is 3.12. The molecular formula is C15H19N3O2S. The zero-order valence-electron chi connectivity index (χ0n) is 12.1. The first-order chi connectivity index (χ1) is 10.0. The second kappa shape index (κ2) is 6.69. The van der Waals surface area contributed by atoms with E-state index in [1.165, 1.54) is 6.20 Å². The van der Waals surface area contributed by atoms with Crippen LogP contribution in [0, 0.1) is 0 Å². The van der Waals surface area contributed by atoms with Crippen LogP contribution in [0.4, 0.5) is 5.82 Å². The van der Waals surface area contributed by atoms with Gasteiger partial charge in [-0.15, -0.1) is 0 Å². The summed E-state index contributed by atoms with van der Waals surface area (Å²) in [5, 5.41) is 20.1. The number of aromatic nitrogens is 1. The summed E-state index contributed by atoms with van der Waals surface area (Å²) < 4.78 is 0. The number of carbonyl (C=O) groups is 1. The van der Waals surface area contributed by atoms with Gasteiger partial charge in [0.1, 0.15) is 11.4 Å². The van der Waals surface area contributed by atoms with Gasteiger partial charge >= 0.3 is 0 Å². The van der Waals surface area contributed by atoms with Crippen LogP contribution in [0.25, 0.3) is 0 Å². The van der Waals surface area contributed by atoms with Crippen LogP contribution in [-0.2, 0) is 5.60 Å². The lowest BCUT2D eigenvalue weighted by Gasteiger charge is -2.23. The van der Waals surface area contributed by atoms with Crippen molar-refractivity contribution in [2.45, 2.75) is 19.4 Å². The van der Waals surface area contributed by atoms with Gasteiger partial charge in [-0.1, -0.05) is 0 Å². The van der Waals surface area contributed by atoms with Crippen LogP contribution in [0.1, 0.15) is 29.8 Å². The molecule has 0 aromatic carbocycles. The minimum Gasteiger partial charge on any atom is -0.384 e. The standard InChI is InChI=1S/C15H19N3O2S/c1-3-16-14(19)11-4-5-13(17-8-11)18-10-15(2,20)12-6-7-21-9-12/h4-9,20H,3,10H2,1-2H3,(H,16,19)(H,17,18). The minimum atomic E-state index is -0.958. The van der Waals surface area contributed by atoms with Crippen LogP contribution >= 0.6 is 11.3 Å². The lowest BCUT2D eigenvalue weighted by atomic mass is 9.99. The Morgan fingerprint density at radius 1 is 1.43 bits per heavy atom. The Labute approximate surface area is 128 Å². The van der Waals surface area contributed by atoms with Crippen molar-refractivity contribution >= 4 is 23.1 Å². The lowest BCUT2D eigenvalue weighted by Crippen LogP contribution is -2.30. The van der Waals surface area contributed by atoms with Gasteiger partial charge in [-0.2, -0.15) is 11.3 Å². The molecule has 1 atom stereocenters. The molecule has 1 amide bonds. The Kier molecular flexibility index (Phi) is 4.93. The van der Waals surface area contributed by atoms with Gasteiger partial charge in [0.25, 0.3) is 5.91 Å². The topological polar surface area (TPSA) is 74.2 Å². The first kappa shape index (κ1) is 15.5. The van der Waals surface area contributed by atoms with E-state index in [9.17, 15) is 9.90 Å². The summed E-state index contributed by atoms with van der Waals surface area (Å²) in [6.07, 6.45) is 1.52. The van der Waals surface area contributed by atoms with E-state index in [1.807, 2.05) is 23.8 Å². The van der Waals surface area contributed by atoms with E-state index >= 15 is 0 Å². The summed E-state index contributed by atoms with van der Waals surface area (Å²) in [5.41, 5.74) is 0.436. The fourth-order valence-electron chi connectivity index (χ4n) is 1.83. The molecule has 2 aromatic heterocycles. The number of pyridine rings is 1. The molecule has 1 unspecified atom stereocenters. The van der Waals surface area contributed by atoms with Gasteiger partial charge < -0.3 is 15.7 Å². The van der Waals surface area contributed by atoms with Crippen LogP contribution in [-0.4, -0.2) is 29.1 Å². The zero-order chi connectivity index (χ0) is 15.3. The van der Waals surface area contributed by atoms with E-state index in [4.69, 9.17) is 0 Å². The molecular weight excluding hydrogens is 286 g/mol. The third-order valence-corrected chi connectivity index (χ3v) is 3.80. The molecule has 5 nitrogen and oxygen atoms in total. The number of aliphatic hydroxyl groups is 1. The number of hydrogen-bond acceptors (Lipinski definition) is 5. The van der Waals surface area contributed by atoms with Crippen LogP contribution in [0.2, 0.25) is 0 Å². The van der Waals surface area contributed by atoms with E-state index < -0.39 is 5.60 Å². The van der Waals surface area contributed by atoms with Gasteiger partial charge in [0.2, 0.25) is 0 Å². The summed E-state index contributed by atoms with van der Waals surface area (Å²) in [6.45, 7) is 4.55. The van der Waals surface area contributed by atoms with Crippen molar-refractivity contribution in [1.29, 1.82) is 0 Å². The van der Waals surface area contributed by atoms with Crippen LogP contribution in [0.5, 0.6) is 0 Å². The molecule has 0 saturated heterocycles. The molecule has 0 spiro atoms. The Morgan fingerprint density at radius 2 is 2.24 bits per heavy atom. The lowest BCUT2D eigenvalue weighted by molar-refractivity contribution is 0.0719. The maximum absolute atomic E-state index is 11.6. The van der Waals surface area contributed by atoms with Crippen LogP contribution in [0.3, 0.4) is 0 Å². The molecule has 112 valence electrons. The van der Waals surface area contributed by atoms with Crippen LogP contribution < -0.4 is 10.6 Å². The monoisotopic (exact) mass is 305 g/mol. The van der Waals surface area contributed by atoms with E-state index in [-0.39, 0.29) is 5.91 Å². The fourth-order valence-corrected chi connectivity index (χ4v) is 2.61. The number of rotatable bonds is 6. The number of nitrogens with one attached hydrogen (secondary N) is 2. The number of thiophene rings is 1. The van der Waals surface area contributed by atoms with Crippen molar-refractivity contribution in [3.8, 4) is 0 Å². The second-order valence-corrected chi connectivity index (χ2v) is 5.71. The molecule has 6 heteroatoms. The van der Waals surface area contributed by atoms with Gasteiger partial charge in [-0.05, 0) is 48.4 Å². The van der Waals surface area contributed by atoms with Gasteiger partial charge in [-0.25, -0.2) is 4.98 Å². The highest BCUT2D eigenvalue weighted by Crippen LogP contribution is 2.23. The summed E-state index contributed by atoms with van der Waals surface area (Å²) >= 11 is 1.55. The molecule has 2 heterocycles. The largest absolute Gasteiger partial charge is 0.384 e.